The largest absolute Gasteiger partial charge is 0.326 e. The molecule has 5 nitrogen and oxygen atoms in total. The molecular weight excluding hydrogens is 392 g/mol. The summed E-state index contributed by atoms with van der Waals surface area (Å²) in [6.45, 7) is 8.01. The molecule has 0 unspecified atom stereocenters. The molecule has 0 radical (unpaired) electrons. The van der Waals surface area contributed by atoms with Crippen LogP contribution < -0.4 is 5.32 Å². The normalized spacial score (nSPS) is 10.9. The first-order valence-corrected chi connectivity index (χ1v) is 10.7. The van der Waals surface area contributed by atoms with Crippen molar-refractivity contribution in [1.29, 1.82) is 0 Å². The first kappa shape index (κ1) is 20.0. The molecule has 4 aromatic rings. The number of carbonyl (C=O) groups excluding carboxylic acids is 1. The second-order valence-electron chi connectivity index (χ2n) is 7.54. The van der Waals surface area contributed by atoms with Crippen LogP contribution in [0.15, 0.2) is 53.9 Å². The van der Waals surface area contributed by atoms with E-state index < -0.39 is 0 Å². The number of nitrogens with one attached hydrogen (secondary N) is 1. The summed E-state index contributed by atoms with van der Waals surface area (Å²) in [6, 6.07) is 16.1. The number of anilines is 1. The molecule has 0 fully saturated rings. The zero-order valence-corrected chi connectivity index (χ0v) is 18.4. The predicted octanol–water partition coefficient (Wildman–Crippen LogP) is 5.41. The van der Waals surface area contributed by atoms with Gasteiger partial charge in [0.25, 0.3) is 0 Å². The van der Waals surface area contributed by atoms with Crippen LogP contribution in [0.5, 0.6) is 0 Å². The number of hydrogen-bond donors (Lipinski definition) is 1. The number of rotatable bonds is 5. The van der Waals surface area contributed by atoms with Crippen molar-refractivity contribution in [2.45, 2.75) is 34.1 Å². The first-order valence-electron chi connectivity index (χ1n) is 9.85. The molecule has 0 aliphatic carbocycles. The number of benzene rings is 2. The average Bonchev–Trinajstić information content (AvgIpc) is 3.29. The molecule has 30 heavy (non-hydrogen) atoms. The van der Waals surface area contributed by atoms with E-state index >= 15 is 0 Å². The highest BCUT2D eigenvalue weighted by Gasteiger charge is 2.18. The van der Waals surface area contributed by atoms with Crippen LogP contribution in [0, 0.1) is 27.7 Å². The predicted molar refractivity (Wildman–Crippen MR) is 122 cm³/mol. The van der Waals surface area contributed by atoms with Gasteiger partial charge in [-0.15, -0.1) is 11.3 Å². The lowest BCUT2D eigenvalue weighted by Gasteiger charge is -2.06. The van der Waals surface area contributed by atoms with E-state index in [0.717, 1.165) is 44.6 Å². The fourth-order valence-corrected chi connectivity index (χ4v) is 4.26. The monoisotopic (exact) mass is 416 g/mol. The first-order chi connectivity index (χ1) is 14.4. The topological polar surface area (TPSA) is 59.8 Å². The van der Waals surface area contributed by atoms with Gasteiger partial charge in [-0.2, -0.15) is 5.10 Å². The van der Waals surface area contributed by atoms with E-state index in [-0.39, 0.29) is 12.3 Å². The second-order valence-corrected chi connectivity index (χ2v) is 8.37. The zero-order chi connectivity index (χ0) is 21.3. The Balaban J connectivity index is 1.55. The van der Waals surface area contributed by atoms with Crippen molar-refractivity contribution >= 4 is 22.9 Å². The number of nitrogens with zero attached hydrogens (tertiary/aromatic N) is 3. The van der Waals surface area contributed by atoms with Gasteiger partial charge in [-0.05, 0) is 45.4 Å². The standard InChI is InChI=1S/C24H24N4OS/c1-15-8-10-19(11-9-15)22-14-30-24(26-22)28-18(4)21(17(3)27-28)13-23(29)25-20-7-5-6-16(2)12-20/h5-12,14H,13H2,1-4H3,(H,25,29). The van der Waals surface area contributed by atoms with Crippen LogP contribution in [-0.4, -0.2) is 20.7 Å². The van der Waals surface area contributed by atoms with Crippen molar-refractivity contribution in [3.05, 3.63) is 82.0 Å². The minimum absolute atomic E-state index is 0.0502. The van der Waals surface area contributed by atoms with Gasteiger partial charge in [-0.25, -0.2) is 9.67 Å². The molecule has 0 bridgehead atoms. The molecule has 0 aliphatic rings. The van der Waals surface area contributed by atoms with Gasteiger partial charge in [0.05, 0.1) is 17.8 Å². The average molecular weight is 417 g/mol. The van der Waals surface area contributed by atoms with Gasteiger partial charge in [0.1, 0.15) is 0 Å². The van der Waals surface area contributed by atoms with Crippen LogP contribution >= 0.6 is 11.3 Å². The van der Waals surface area contributed by atoms with E-state index in [2.05, 4.69) is 41.6 Å². The minimum atomic E-state index is -0.0502. The Morgan fingerprint density at radius 3 is 2.53 bits per heavy atom. The van der Waals surface area contributed by atoms with Gasteiger partial charge in [0.2, 0.25) is 11.0 Å². The van der Waals surface area contributed by atoms with Crippen LogP contribution in [0.3, 0.4) is 0 Å². The summed E-state index contributed by atoms with van der Waals surface area (Å²) in [5, 5.41) is 10.5. The molecule has 1 N–H and O–H groups in total. The number of thiazole rings is 1. The van der Waals surface area contributed by atoms with Gasteiger partial charge in [0.15, 0.2) is 0 Å². The van der Waals surface area contributed by atoms with Gasteiger partial charge in [0, 0.05) is 27.9 Å². The fourth-order valence-electron chi connectivity index (χ4n) is 3.42. The molecule has 6 heteroatoms. The maximum atomic E-state index is 12.6. The smallest absolute Gasteiger partial charge is 0.228 e. The zero-order valence-electron chi connectivity index (χ0n) is 17.6. The molecule has 2 aromatic heterocycles. The van der Waals surface area contributed by atoms with Gasteiger partial charge in [-0.1, -0.05) is 42.0 Å². The summed E-state index contributed by atoms with van der Waals surface area (Å²) in [7, 11) is 0. The van der Waals surface area contributed by atoms with Crippen LogP contribution in [0.2, 0.25) is 0 Å². The minimum Gasteiger partial charge on any atom is -0.326 e. The molecule has 0 aliphatic heterocycles. The lowest BCUT2D eigenvalue weighted by atomic mass is 10.1. The van der Waals surface area contributed by atoms with E-state index in [9.17, 15) is 4.79 Å². The molecular formula is C24H24N4OS. The number of aryl methyl sites for hydroxylation is 3. The van der Waals surface area contributed by atoms with Crippen LogP contribution in [0.1, 0.15) is 28.1 Å². The summed E-state index contributed by atoms with van der Waals surface area (Å²) in [6.07, 6.45) is 0.280. The van der Waals surface area contributed by atoms with Crippen molar-refractivity contribution in [2.24, 2.45) is 0 Å². The molecule has 4 rings (SSSR count). The highest BCUT2D eigenvalue weighted by molar-refractivity contribution is 7.12. The fraction of sp³-hybridized carbons (Fsp3) is 0.208. The Labute approximate surface area is 180 Å². The summed E-state index contributed by atoms with van der Waals surface area (Å²) in [5.41, 5.74) is 7.89. The Bertz CT molecular complexity index is 1200. The number of amides is 1. The van der Waals surface area contributed by atoms with Gasteiger partial charge >= 0.3 is 0 Å². The Morgan fingerprint density at radius 1 is 1.03 bits per heavy atom. The quantitative estimate of drug-likeness (QED) is 0.473. The van der Waals surface area contributed by atoms with E-state index in [1.165, 1.54) is 5.56 Å². The third-order valence-corrected chi connectivity index (χ3v) is 5.92. The van der Waals surface area contributed by atoms with Crippen molar-refractivity contribution in [1.82, 2.24) is 14.8 Å². The summed E-state index contributed by atoms with van der Waals surface area (Å²) in [4.78, 5) is 17.4. The van der Waals surface area contributed by atoms with Crippen molar-refractivity contribution in [3.63, 3.8) is 0 Å². The van der Waals surface area contributed by atoms with Crippen LogP contribution in [0.25, 0.3) is 16.4 Å². The maximum absolute atomic E-state index is 12.6. The summed E-state index contributed by atoms with van der Waals surface area (Å²) < 4.78 is 1.84. The van der Waals surface area contributed by atoms with E-state index in [1.54, 1.807) is 11.3 Å². The van der Waals surface area contributed by atoms with Crippen molar-refractivity contribution in [2.75, 3.05) is 5.32 Å². The number of hydrogen-bond acceptors (Lipinski definition) is 4. The Kier molecular flexibility index (Phi) is 5.50. The molecule has 0 spiro atoms. The third-order valence-electron chi connectivity index (χ3n) is 5.10. The van der Waals surface area contributed by atoms with Crippen LogP contribution in [0.4, 0.5) is 5.69 Å². The highest BCUT2D eigenvalue weighted by Crippen LogP contribution is 2.26. The van der Waals surface area contributed by atoms with Gasteiger partial charge in [-0.3, -0.25) is 4.79 Å². The highest BCUT2D eigenvalue weighted by atomic mass is 32.1. The Hall–Kier alpha value is -3.25. The molecule has 0 saturated carbocycles. The molecule has 152 valence electrons. The van der Waals surface area contributed by atoms with E-state index in [1.807, 2.05) is 55.1 Å². The molecule has 1 amide bonds. The van der Waals surface area contributed by atoms with E-state index in [0.29, 0.717) is 0 Å². The van der Waals surface area contributed by atoms with Crippen molar-refractivity contribution in [3.8, 4) is 16.4 Å². The SMILES string of the molecule is Cc1ccc(-c2csc(-n3nc(C)c(CC(=O)Nc4cccc(C)c4)c3C)n2)cc1. The second kappa shape index (κ2) is 8.24. The third kappa shape index (κ3) is 4.19. The molecule has 2 aromatic carbocycles. The van der Waals surface area contributed by atoms with Crippen molar-refractivity contribution < 1.29 is 4.79 Å². The molecule has 0 saturated heterocycles. The molecule has 0 atom stereocenters. The number of aromatic nitrogens is 3. The lowest BCUT2D eigenvalue weighted by molar-refractivity contribution is -0.115. The van der Waals surface area contributed by atoms with Gasteiger partial charge < -0.3 is 5.32 Å². The molecule has 2 heterocycles. The van der Waals surface area contributed by atoms with E-state index in [4.69, 9.17) is 4.98 Å². The summed E-state index contributed by atoms with van der Waals surface area (Å²) >= 11 is 1.55. The lowest BCUT2D eigenvalue weighted by Crippen LogP contribution is -2.15. The maximum Gasteiger partial charge on any atom is 0.228 e. The summed E-state index contributed by atoms with van der Waals surface area (Å²) in [5.74, 6) is -0.0502. The Morgan fingerprint density at radius 2 is 1.80 bits per heavy atom. The number of carbonyl (C=O) groups is 1. The van der Waals surface area contributed by atoms with Crippen LogP contribution in [-0.2, 0) is 11.2 Å².